The highest BCUT2D eigenvalue weighted by molar-refractivity contribution is 5.95. The minimum Gasteiger partial charge on any atom is -0.329 e. The van der Waals surface area contributed by atoms with E-state index in [1.54, 1.807) is 10.9 Å². The van der Waals surface area contributed by atoms with Gasteiger partial charge >= 0.3 is 0 Å². The van der Waals surface area contributed by atoms with Gasteiger partial charge in [-0.25, -0.2) is 0 Å². The van der Waals surface area contributed by atoms with E-state index in [4.69, 9.17) is 5.73 Å². The van der Waals surface area contributed by atoms with Crippen LogP contribution in [0.2, 0.25) is 0 Å². The van der Waals surface area contributed by atoms with E-state index in [-0.39, 0.29) is 11.7 Å². The molecule has 0 aromatic carbocycles. The minimum atomic E-state index is 0.145. The van der Waals surface area contributed by atoms with E-state index in [1.165, 1.54) is 12.8 Å². The standard InChI is InChI=1S/C13H22N4O/c1-2-10-4-3-5-11(8-10)13(18)12-9-17(7-6-14)16-15-12/h9-11H,2-8,14H2,1H3. The van der Waals surface area contributed by atoms with Crippen LogP contribution in [0, 0.1) is 11.8 Å². The third-order valence-corrected chi connectivity index (χ3v) is 3.88. The molecule has 1 saturated carbocycles. The van der Waals surface area contributed by atoms with Gasteiger partial charge in [0.15, 0.2) is 5.78 Å². The van der Waals surface area contributed by atoms with Gasteiger partial charge in [0, 0.05) is 12.5 Å². The summed E-state index contributed by atoms with van der Waals surface area (Å²) in [7, 11) is 0. The van der Waals surface area contributed by atoms with Crippen LogP contribution in [-0.2, 0) is 6.54 Å². The van der Waals surface area contributed by atoms with Gasteiger partial charge in [-0.15, -0.1) is 5.10 Å². The molecule has 1 aromatic rings. The summed E-state index contributed by atoms with van der Waals surface area (Å²) in [4.78, 5) is 12.3. The van der Waals surface area contributed by atoms with E-state index < -0.39 is 0 Å². The van der Waals surface area contributed by atoms with Crippen molar-refractivity contribution < 1.29 is 4.79 Å². The van der Waals surface area contributed by atoms with E-state index in [2.05, 4.69) is 17.2 Å². The number of carbonyl (C=O) groups excluding carboxylic acids is 1. The first-order valence-corrected chi connectivity index (χ1v) is 6.89. The van der Waals surface area contributed by atoms with Crippen molar-refractivity contribution in [3.8, 4) is 0 Å². The molecule has 2 rings (SSSR count). The Balaban J connectivity index is 2.00. The van der Waals surface area contributed by atoms with Gasteiger partial charge in [-0.2, -0.15) is 0 Å². The fourth-order valence-corrected chi connectivity index (χ4v) is 2.76. The molecule has 0 spiro atoms. The molecule has 2 unspecified atom stereocenters. The Morgan fingerprint density at radius 2 is 2.39 bits per heavy atom. The molecule has 0 aliphatic heterocycles. The summed E-state index contributed by atoms with van der Waals surface area (Å²) in [6.45, 7) is 3.33. The average molecular weight is 250 g/mol. The molecule has 0 saturated heterocycles. The maximum atomic E-state index is 12.3. The summed E-state index contributed by atoms with van der Waals surface area (Å²) in [6, 6.07) is 0. The van der Waals surface area contributed by atoms with Crippen molar-refractivity contribution in [1.82, 2.24) is 15.0 Å². The van der Waals surface area contributed by atoms with Crippen molar-refractivity contribution in [2.45, 2.75) is 45.6 Å². The fourth-order valence-electron chi connectivity index (χ4n) is 2.76. The molecule has 5 heteroatoms. The highest BCUT2D eigenvalue weighted by atomic mass is 16.1. The van der Waals surface area contributed by atoms with E-state index in [0.29, 0.717) is 24.7 Å². The predicted octanol–water partition coefficient (Wildman–Crippen LogP) is 1.64. The van der Waals surface area contributed by atoms with E-state index in [0.717, 1.165) is 19.3 Å². The quantitative estimate of drug-likeness (QED) is 0.806. The molecule has 0 bridgehead atoms. The topological polar surface area (TPSA) is 73.8 Å². The van der Waals surface area contributed by atoms with Crippen molar-refractivity contribution in [2.75, 3.05) is 6.54 Å². The highest BCUT2D eigenvalue weighted by Gasteiger charge is 2.28. The highest BCUT2D eigenvalue weighted by Crippen LogP contribution is 2.32. The monoisotopic (exact) mass is 250 g/mol. The zero-order valence-electron chi connectivity index (χ0n) is 11.0. The van der Waals surface area contributed by atoms with E-state index >= 15 is 0 Å². The normalized spacial score (nSPS) is 24.1. The second-order valence-corrected chi connectivity index (χ2v) is 5.16. The lowest BCUT2D eigenvalue weighted by molar-refractivity contribution is 0.0856. The lowest BCUT2D eigenvalue weighted by Crippen LogP contribution is -2.23. The Morgan fingerprint density at radius 3 is 3.11 bits per heavy atom. The molecule has 2 N–H and O–H groups in total. The average Bonchev–Trinajstić information content (AvgIpc) is 2.87. The summed E-state index contributed by atoms with van der Waals surface area (Å²) >= 11 is 0. The van der Waals surface area contributed by atoms with Gasteiger partial charge in [0.2, 0.25) is 0 Å². The van der Waals surface area contributed by atoms with Crippen LogP contribution in [-0.4, -0.2) is 27.3 Å². The number of aromatic nitrogens is 3. The van der Waals surface area contributed by atoms with Gasteiger partial charge in [-0.05, 0) is 18.8 Å². The maximum absolute atomic E-state index is 12.3. The molecular weight excluding hydrogens is 228 g/mol. The van der Waals surface area contributed by atoms with Gasteiger partial charge in [-0.1, -0.05) is 31.4 Å². The lowest BCUT2D eigenvalue weighted by atomic mass is 9.78. The second-order valence-electron chi connectivity index (χ2n) is 5.16. The van der Waals surface area contributed by atoms with Gasteiger partial charge in [0.05, 0.1) is 12.7 Å². The van der Waals surface area contributed by atoms with Crippen LogP contribution in [0.15, 0.2) is 6.20 Å². The zero-order chi connectivity index (χ0) is 13.0. The maximum Gasteiger partial charge on any atom is 0.187 e. The first kappa shape index (κ1) is 13.2. The van der Waals surface area contributed by atoms with Crippen LogP contribution in [0.25, 0.3) is 0 Å². The van der Waals surface area contributed by atoms with Crippen molar-refractivity contribution in [3.05, 3.63) is 11.9 Å². The molecule has 2 atom stereocenters. The van der Waals surface area contributed by atoms with Crippen LogP contribution >= 0.6 is 0 Å². The molecule has 1 aromatic heterocycles. The zero-order valence-corrected chi connectivity index (χ0v) is 11.0. The summed E-state index contributed by atoms with van der Waals surface area (Å²) in [6.07, 6.45) is 7.33. The predicted molar refractivity (Wildman–Crippen MR) is 69.1 cm³/mol. The molecule has 0 amide bonds. The number of hydrogen-bond acceptors (Lipinski definition) is 4. The summed E-state index contributed by atoms with van der Waals surface area (Å²) in [5.41, 5.74) is 5.96. The third-order valence-electron chi connectivity index (χ3n) is 3.88. The van der Waals surface area contributed by atoms with Crippen molar-refractivity contribution in [2.24, 2.45) is 17.6 Å². The Bertz CT molecular complexity index is 401. The number of carbonyl (C=O) groups is 1. The summed E-state index contributed by atoms with van der Waals surface area (Å²) < 4.78 is 1.65. The molecule has 1 fully saturated rings. The van der Waals surface area contributed by atoms with Crippen LogP contribution < -0.4 is 5.73 Å². The van der Waals surface area contributed by atoms with Gasteiger partial charge in [0.25, 0.3) is 0 Å². The van der Waals surface area contributed by atoms with Crippen LogP contribution in [0.5, 0.6) is 0 Å². The molecule has 1 heterocycles. The summed E-state index contributed by atoms with van der Waals surface area (Å²) in [5, 5.41) is 7.90. The SMILES string of the molecule is CCC1CCCC(C(=O)c2cn(CCN)nn2)C1. The van der Waals surface area contributed by atoms with Gasteiger partial charge in [-0.3, -0.25) is 9.48 Å². The smallest absolute Gasteiger partial charge is 0.187 e. The number of hydrogen-bond donors (Lipinski definition) is 1. The molecular formula is C13H22N4O. The minimum absolute atomic E-state index is 0.145. The Kier molecular flexibility index (Phi) is 4.47. The molecule has 18 heavy (non-hydrogen) atoms. The number of rotatable bonds is 5. The second kappa shape index (κ2) is 6.09. The molecule has 5 nitrogen and oxygen atoms in total. The molecule has 1 aliphatic rings. The Labute approximate surface area is 108 Å². The van der Waals surface area contributed by atoms with Gasteiger partial charge in [0.1, 0.15) is 5.69 Å². The van der Waals surface area contributed by atoms with E-state index in [1.807, 2.05) is 0 Å². The van der Waals surface area contributed by atoms with Crippen molar-refractivity contribution in [1.29, 1.82) is 0 Å². The largest absolute Gasteiger partial charge is 0.329 e. The molecule has 100 valence electrons. The number of ketones is 1. The van der Waals surface area contributed by atoms with Crippen LogP contribution in [0.1, 0.15) is 49.5 Å². The first-order chi connectivity index (χ1) is 8.74. The number of nitrogens with zero attached hydrogens (tertiary/aromatic N) is 3. The Hall–Kier alpha value is -1.23. The number of Topliss-reactive ketones (excluding diaryl/α,β-unsaturated/α-hetero) is 1. The van der Waals surface area contributed by atoms with Crippen LogP contribution in [0.3, 0.4) is 0 Å². The van der Waals surface area contributed by atoms with Crippen molar-refractivity contribution >= 4 is 5.78 Å². The third kappa shape index (κ3) is 2.96. The lowest BCUT2D eigenvalue weighted by Gasteiger charge is -2.26. The number of nitrogens with two attached hydrogens (primary N) is 1. The summed E-state index contributed by atoms with van der Waals surface area (Å²) in [5.74, 6) is 1.01. The molecule has 1 aliphatic carbocycles. The van der Waals surface area contributed by atoms with Crippen molar-refractivity contribution in [3.63, 3.8) is 0 Å². The fraction of sp³-hybridized carbons (Fsp3) is 0.769. The first-order valence-electron chi connectivity index (χ1n) is 6.89. The van der Waals surface area contributed by atoms with E-state index in [9.17, 15) is 4.79 Å². The molecule has 0 radical (unpaired) electrons. The Morgan fingerprint density at radius 1 is 1.56 bits per heavy atom. The van der Waals surface area contributed by atoms with Crippen LogP contribution in [0.4, 0.5) is 0 Å². The van der Waals surface area contributed by atoms with Gasteiger partial charge < -0.3 is 5.73 Å².